The largest absolute Gasteiger partial charge is 0.376 e. The van der Waals surface area contributed by atoms with Crippen LogP contribution in [0.25, 0.3) is 21.3 Å². The van der Waals surface area contributed by atoms with E-state index in [1.165, 1.54) is 0 Å². The first-order valence-electron chi connectivity index (χ1n) is 7.62. The Morgan fingerprint density at radius 1 is 1.17 bits per heavy atom. The molecule has 23 heavy (non-hydrogen) atoms. The van der Waals surface area contributed by atoms with Gasteiger partial charge >= 0.3 is 0 Å². The van der Waals surface area contributed by atoms with Crippen LogP contribution in [0.4, 0.5) is 0 Å². The SMILES string of the molecule is c1ccc(-c2ncc(-c3nccn3CC3COCCO3)s2)cc1. The molecule has 1 fully saturated rings. The molecule has 0 amide bonds. The third-order valence-corrected chi connectivity index (χ3v) is 4.79. The fraction of sp³-hybridized carbons (Fsp3) is 0.294. The summed E-state index contributed by atoms with van der Waals surface area (Å²) in [6.45, 7) is 2.72. The summed E-state index contributed by atoms with van der Waals surface area (Å²) in [5.74, 6) is 0.929. The van der Waals surface area contributed by atoms with Crippen molar-refractivity contribution in [2.24, 2.45) is 0 Å². The molecule has 3 heterocycles. The van der Waals surface area contributed by atoms with Gasteiger partial charge in [0.05, 0.1) is 37.3 Å². The van der Waals surface area contributed by atoms with Crippen LogP contribution in [0, 0.1) is 0 Å². The van der Waals surface area contributed by atoms with Crippen LogP contribution in [-0.4, -0.2) is 40.5 Å². The van der Waals surface area contributed by atoms with Gasteiger partial charge in [-0.2, -0.15) is 0 Å². The highest BCUT2D eigenvalue weighted by Gasteiger charge is 2.18. The molecule has 5 nitrogen and oxygen atoms in total. The molecule has 3 aromatic rings. The lowest BCUT2D eigenvalue weighted by Gasteiger charge is -2.23. The van der Waals surface area contributed by atoms with Crippen molar-refractivity contribution in [2.45, 2.75) is 12.6 Å². The monoisotopic (exact) mass is 327 g/mol. The summed E-state index contributed by atoms with van der Waals surface area (Å²) in [6, 6.07) is 10.2. The van der Waals surface area contributed by atoms with Gasteiger partial charge in [0, 0.05) is 24.2 Å². The average Bonchev–Trinajstić information content (AvgIpc) is 3.25. The Bertz CT molecular complexity index is 763. The van der Waals surface area contributed by atoms with E-state index < -0.39 is 0 Å². The summed E-state index contributed by atoms with van der Waals surface area (Å²) in [7, 11) is 0. The minimum atomic E-state index is 0.0817. The summed E-state index contributed by atoms with van der Waals surface area (Å²) in [5.41, 5.74) is 1.13. The number of nitrogens with zero attached hydrogens (tertiary/aromatic N) is 3. The highest BCUT2D eigenvalue weighted by molar-refractivity contribution is 7.18. The summed E-state index contributed by atoms with van der Waals surface area (Å²) >= 11 is 1.65. The van der Waals surface area contributed by atoms with E-state index in [2.05, 4.69) is 26.7 Å². The van der Waals surface area contributed by atoms with Gasteiger partial charge in [-0.05, 0) is 0 Å². The lowest BCUT2D eigenvalue weighted by molar-refractivity contribution is -0.0934. The van der Waals surface area contributed by atoms with Gasteiger partial charge in [0.1, 0.15) is 5.01 Å². The van der Waals surface area contributed by atoms with Crippen molar-refractivity contribution in [1.82, 2.24) is 14.5 Å². The Labute approximate surface area is 138 Å². The number of hydrogen-bond donors (Lipinski definition) is 0. The van der Waals surface area contributed by atoms with Gasteiger partial charge in [0.2, 0.25) is 0 Å². The first-order valence-corrected chi connectivity index (χ1v) is 8.44. The van der Waals surface area contributed by atoms with E-state index in [9.17, 15) is 0 Å². The van der Waals surface area contributed by atoms with Crippen LogP contribution in [0.2, 0.25) is 0 Å². The van der Waals surface area contributed by atoms with Gasteiger partial charge < -0.3 is 14.0 Å². The zero-order valence-corrected chi connectivity index (χ0v) is 13.4. The molecule has 118 valence electrons. The van der Waals surface area contributed by atoms with Crippen molar-refractivity contribution >= 4 is 11.3 Å². The molecule has 4 rings (SSSR count). The van der Waals surface area contributed by atoms with Crippen molar-refractivity contribution in [3.8, 4) is 21.3 Å². The van der Waals surface area contributed by atoms with Gasteiger partial charge in [-0.15, -0.1) is 11.3 Å². The van der Waals surface area contributed by atoms with Gasteiger partial charge in [-0.25, -0.2) is 9.97 Å². The Morgan fingerprint density at radius 2 is 2.09 bits per heavy atom. The second-order valence-electron chi connectivity index (χ2n) is 5.37. The Kier molecular flexibility index (Phi) is 4.19. The van der Waals surface area contributed by atoms with Crippen molar-refractivity contribution < 1.29 is 9.47 Å². The maximum absolute atomic E-state index is 5.73. The number of hydrogen-bond acceptors (Lipinski definition) is 5. The Hall–Kier alpha value is -2.02. The summed E-state index contributed by atoms with van der Waals surface area (Å²) in [4.78, 5) is 10.1. The minimum Gasteiger partial charge on any atom is -0.376 e. The molecule has 2 aromatic heterocycles. The highest BCUT2D eigenvalue weighted by atomic mass is 32.1. The molecule has 1 unspecified atom stereocenters. The molecule has 6 heteroatoms. The number of imidazole rings is 1. The second-order valence-corrected chi connectivity index (χ2v) is 6.40. The second kappa shape index (κ2) is 6.62. The van der Waals surface area contributed by atoms with Gasteiger partial charge in [0.15, 0.2) is 5.82 Å². The molecule has 1 atom stereocenters. The van der Waals surface area contributed by atoms with Gasteiger partial charge in [-0.1, -0.05) is 30.3 Å². The predicted octanol–water partition coefficient (Wildman–Crippen LogP) is 3.09. The van der Waals surface area contributed by atoms with Crippen molar-refractivity contribution in [3.63, 3.8) is 0 Å². The maximum Gasteiger partial charge on any atom is 0.151 e. The topological polar surface area (TPSA) is 49.2 Å². The van der Waals surface area contributed by atoms with E-state index in [0.717, 1.165) is 27.8 Å². The van der Waals surface area contributed by atoms with Gasteiger partial charge in [0.25, 0.3) is 0 Å². The Morgan fingerprint density at radius 3 is 2.91 bits per heavy atom. The predicted molar refractivity (Wildman–Crippen MR) is 89.3 cm³/mol. The molecule has 0 bridgehead atoms. The van der Waals surface area contributed by atoms with E-state index in [1.54, 1.807) is 11.3 Å². The number of ether oxygens (including phenoxy) is 2. The van der Waals surface area contributed by atoms with Crippen LogP contribution >= 0.6 is 11.3 Å². The van der Waals surface area contributed by atoms with Crippen LogP contribution in [0.1, 0.15) is 0 Å². The fourth-order valence-corrected chi connectivity index (χ4v) is 3.57. The Balaban J connectivity index is 1.57. The zero-order valence-electron chi connectivity index (χ0n) is 12.6. The minimum absolute atomic E-state index is 0.0817. The van der Waals surface area contributed by atoms with E-state index in [4.69, 9.17) is 9.47 Å². The highest BCUT2D eigenvalue weighted by Crippen LogP contribution is 2.31. The first-order chi connectivity index (χ1) is 11.4. The van der Waals surface area contributed by atoms with Crippen LogP contribution in [-0.2, 0) is 16.0 Å². The third-order valence-electron chi connectivity index (χ3n) is 3.75. The first kappa shape index (κ1) is 14.6. The standard InChI is InChI=1S/C17H17N3O2S/c1-2-4-13(5-3-1)17-19-10-15(23-17)16-18-6-7-20(16)11-14-12-21-8-9-22-14/h1-7,10,14H,8-9,11-12H2. The number of rotatable bonds is 4. The lowest BCUT2D eigenvalue weighted by atomic mass is 10.2. The van der Waals surface area contributed by atoms with Crippen molar-refractivity contribution in [3.05, 3.63) is 48.9 Å². The normalized spacial score (nSPS) is 18.2. The summed E-state index contributed by atoms with van der Waals surface area (Å²) in [5, 5.41) is 1.01. The third kappa shape index (κ3) is 3.19. The lowest BCUT2D eigenvalue weighted by Crippen LogP contribution is -2.32. The van der Waals surface area contributed by atoms with E-state index in [0.29, 0.717) is 19.8 Å². The number of benzene rings is 1. The number of thiazole rings is 1. The fourth-order valence-electron chi connectivity index (χ4n) is 2.63. The van der Waals surface area contributed by atoms with Crippen molar-refractivity contribution in [2.75, 3.05) is 19.8 Å². The summed E-state index contributed by atoms with van der Waals surface area (Å²) < 4.78 is 13.3. The van der Waals surface area contributed by atoms with E-state index in [-0.39, 0.29) is 6.10 Å². The molecule has 1 aliphatic heterocycles. The van der Waals surface area contributed by atoms with E-state index in [1.807, 2.05) is 36.8 Å². The molecule has 0 saturated carbocycles. The molecule has 0 spiro atoms. The molecule has 0 N–H and O–H groups in total. The van der Waals surface area contributed by atoms with E-state index >= 15 is 0 Å². The average molecular weight is 327 g/mol. The van der Waals surface area contributed by atoms with Crippen LogP contribution < -0.4 is 0 Å². The molecule has 1 saturated heterocycles. The van der Waals surface area contributed by atoms with Crippen LogP contribution in [0.5, 0.6) is 0 Å². The summed E-state index contributed by atoms with van der Waals surface area (Å²) in [6.07, 6.45) is 5.78. The smallest absolute Gasteiger partial charge is 0.151 e. The van der Waals surface area contributed by atoms with Crippen LogP contribution in [0.15, 0.2) is 48.9 Å². The molecular weight excluding hydrogens is 310 g/mol. The quantitative estimate of drug-likeness (QED) is 0.739. The molecular formula is C17H17N3O2S. The van der Waals surface area contributed by atoms with Crippen LogP contribution in [0.3, 0.4) is 0 Å². The molecule has 1 aliphatic rings. The van der Waals surface area contributed by atoms with Gasteiger partial charge in [-0.3, -0.25) is 0 Å². The zero-order chi connectivity index (χ0) is 15.5. The van der Waals surface area contributed by atoms with Crippen molar-refractivity contribution in [1.29, 1.82) is 0 Å². The number of aromatic nitrogens is 3. The molecule has 1 aromatic carbocycles. The maximum atomic E-state index is 5.73. The molecule has 0 radical (unpaired) electrons. The molecule has 0 aliphatic carbocycles.